The molecule has 0 spiro atoms. The van der Waals surface area contributed by atoms with E-state index in [1.165, 1.54) is 38.5 Å². The highest BCUT2D eigenvalue weighted by Gasteiger charge is 2.29. The van der Waals surface area contributed by atoms with Crippen LogP contribution in [-0.2, 0) is 4.12 Å². The number of unbranched alkanes of at least 4 members (excludes halogenated alkanes) is 4. The molecule has 3 heteroatoms. The van der Waals surface area contributed by atoms with Crippen molar-refractivity contribution in [2.24, 2.45) is 0 Å². The summed E-state index contributed by atoms with van der Waals surface area (Å²) in [6.45, 7) is 13.7. The first kappa shape index (κ1) is 18.9. The minimum absolute atomic E-state index is 1.19. The maximum absolute atomic E-state index is 6.49. The zero-order chi connectivity index (χ0) is 14.8. The molecule has 0 aromatic rings. The number of allylic oxidation sites excluding steroid dienone is 2. The molecule has 0 unspecified atom stereocenters. The SMILES string of the molecule is CCCCC=C[Si](C)(C=CCCCC)O[Si](C)(C)C. The largest absolute Gasteiger partial charge is 0.450 e. The van der Waals surface area contributed by atoms with E-state index < -0.39 is 16.6 Å². The molecule has 0 fully saturated rings. The van der Waals surface area contributed by atoms with Crippen molar-refractivity contribution in [3.05, 3.63) is 23.6 Å². The highest BCUT2D eigenvalue weighted by Crippen LogP contribution is 2.18. The average molecular weight is 299 g/mol. The Morgan fingerprint density at radius 2 is 1.21 bits per heavy atom. The van der Waals surface area contributed by atoms with Gasteiger partial charge in [-0.15, -0.1) is 0 Å². The molecule has 0 N–H and O–H groups in total. The Hall–Kier alpha value is -0.126. The molecule has 1 nitrogen and oxygen atoms in total. The average Bonchev–Trinajstić information content (AvgIpc) is 2.28. The summed E-state index contributed by atoms with van der Waals surface area (Å²) in [6, 6.07) is 0. The van der Waals surface area contributed by atoms with Crippen molar-refractivity contribution in [1.82, 2.24) is 0 Å². The summed E-state index contributed by atoms with van der Waals surface area (Å²) in [6.07, 6.45) is 12.2. The first-order chi connectivity index (χ1) is 8.83. The second-order valence-electron chi connectivity index (χ2n) is 6.49. The van der Waals surface area contributed by atoms with Crippen LogP contribution in [0.25, 0.3) is 0 Å². The van der Waals surface area contributed by atoms with Crippen LogP contribution in [0, 0.1) is 0 Å². The van der Waals surface area contributed by atoms with E-state index in [0.717, 1.165) is 0 Å². The van der Waals surface area contributed by atoms with Gasteiger partial charge in [0.25, 0.3) is 0 Å². The van der Waals surface area contributed by atoms with Crippen molar-refractivity contribution in [3.63, 3.8) is 0 Å². The van der Waals surface area contributed by atoms with Gasteiger partial charge in [0.1, 0.15) is 0 Å². The zero-order valence-corrected chi connectivity index (χ0v) is 16.0. The fourth-order valence-corrected chi connectivity index (χ4v) is 9.26. The molecule has 0 aliphatic carbocycles. The third kappa shape index (κ3) is 11.4. The quantitative estimate of drug-likeness (QED) is 0.356. The molecular formula is C16H34OSi2. The van der Waals surface area contributed by atoms with E-state index >= 15 is 0 Å². The molecule has 0 atom stereocenters. The highest BCUT2D eigenvalue weighted by atomic mass is 28.4. The van der Waals surface area contributed by atoms with Crippen LogP contribution in [-0.4, -0.2) is 16.6 Å². The fraction of sp³-hybridized carbons (Fsp3) is 0.750. The molecule has 0 aliphatic heterocycles. The van der Waals surface area contributed by atoms with Crippen LogP contribution >= 0.6 is 0 Å². The molecule has 112 valence electrons. The Morgan fingerprint density at radius 1 is 0.789 bits per heavy atom. The van der Waals surface area contributed by atoms with Crippen molar-refractivity contribution in [3.8, 4) is 0 Å². The summed E-state index contributed by atoms with van der Waals surface area (Å²) in [5, 5.41) is 0. The summed E-state index contributed by atoms with van der Waals surface area (Å²) in [5.74, 6) is 0. The van der Waals surface area contributed by atoms with E-state index in [1.54, 1.807) is 0 Å². The lowest BCUT2D eigenvalue weighted by Gasteiger charge is -2.30. The van der Waals surface area contributed by atoms with Gasteiger partial charge < -0.3 is 4.12 Å². The molecule has 19 heavy (non-hydrogen) atoms. The van der Waals surface area contributed by atoms with Crippen LogP contribution in [0.15, 0.2) is 23.6 Å². The normalized spacial score (nSPS) is 16.3. The molecule has 0 radical (unpaired) electrons. The second kappa shape index (κ2) is 9.73. The molecule has 0 heterocycles. The van der Waals surface area contributed by atoms with Gasteiger partial charge in [0.05, 0.1) is 0 Å². The van der Waals surface area contributed by atoms with E-state index in [-0.39, 0.29) is 0 Å². The predicted octanol–water partition coefficient (Wildman–Crippen LogP) is 5.98. The summed E-state index contributed by atoms with van der Waals surface area (Å²) < 4.78 is 6.49. The fourth-order valence-electron chi connectivity index (χ4n) is 2.06. The summed E-state index contributed by atoms with van der Waals surface area (Å²) in [4.78, 5) is 0. The molecular weight excluding hydrogens is 264 g/mol. The Bertz CT molecular complexity index is 259. The number of hydrogen-bond acceptors (Lipinski definition) is 1. The van der Waals surface area contributed by atoms with Gasteiger partial charge in [-0.05, 0) is 39.0 Å². The van der Waals surface area contributed by atoms with Crippen LogP contribution in [0.1, 0.15) is 52.4 Å². The van der Waals surface area contributed by atoms with E-state index in [2.05, 4.69) is 63.6 Å². The van der Waals surface area contributed by atoms with Crippen LogP contribution in [0.5, 0.6) is 0 Å². The molecule has 0 saturated carbocycles. The molecule has 0 rings (SSSR count). The Morgan fingerprint density at radius 3 is 1.53 bits per heavy atom. The topological polar surface area (TPSA) is 9.23 Å². The monoisotopic (exact) mass is 298 g/mol. The van der Waals surface area contributed by atoms with Crippen molar-refractivity contribution in [1.29, 1.82) is 0 Å². The predicted molar refractivity (Wildman–Crippen MR) is 93.4 cm³/mol. The van der Waals surface area contributed by atoms with Crippen molar-refractivity contribution in [2.75, 3.05) is 0 Å². The maximum atomic E-state index is 6.49. The van der Waals surface area contributed by atoms with Gasteiger partial charge in [-0.3, -0.25) is 0 Å². The minimum atomic E-state index is -1.78. The van der Waals surface area contributed by atoms with Gasteiger partial charge in [-0.1, -0.05) is 63.1 Å². The van der Waals surface area contributed by atoms with Crippen LogP contribution in [0.4, 0.5) is 0 Å². The first-order valence-electron chi connectivity index (χ1n) is 7.88. The Balaban J connectivity index is 4.61. The molecule has 0 saturated heterocycles. The third-order valence-electron chi connectivity index (χ3n) is 2.87. The lowest BCUT2D eigenvalue weighted by atomic mass is 10.2. The lowest BCUT2D eigenvalue weighted by molar-refractivity contribution is 0.570. The standard InChI is InChI=1S/C16H34OSi2/c1-7-9-11-13-15-19(6,17-18(3,4)5)16-14-12-10-8-2/h13-16H,7-12H2,1-6H3. The molecule has 0 aliphatic rings. The van der Waals surface area contributed by atoms with E-state index in [4.69, 9.17) is 4.12 Å². The minimum Gasteiger partial charge on any atom is -0.450 e. The van der Waals surface area contributed by atoms with Gasteiger partial charge >= 0.3 is 0 Å². The van der Waals surface area contributed by atoms with Crippen LogP contribution in [0.3, 0.4) is 0 Å². The lowest BCUT2D eigenvalue weighted by Crippen LogP contribution is -2.42. The van der Waals surface area contributed by atoms with Crippen molar-refractivity contribution >= 4 is 16.6 Å². The van der Waals surface area contributed by atoms with Crippen molar-refractivity contribution < 1.29 is 4.12 Å². The van der Waals surface area contributed by atoms with Gasteiger partial charge in [0, 0.05) is 0 Å². The van der Waals surface area contributed by atoms with Gasteiger partial charge in [-0.2, -0.15) is 0 Å². The van der Waals surface area contributed by atoms with Gasteiger partial charge in [0.2, 0.25) is 8.32 Å². The zero-order valence-electron chi connectivity index (χ0n) is 14.0. The molecule has 0 aromatic carbocycles. The maximum Gasteiger partial charge on any atom is 0.226 e. The highest BCUT2D eigenvalue weighted by molar-refractivity contribution is 6.90. The van der Waals surface area contributed by atoms with Crippen LogP contribution < -0.4 is 0 Å². The molecule has 0 amide bonds. The van der Waals surface area contributed by atoms with Gasteiger partial charge in [-0.25, -0.2) is 0 Å². The van der Waals surface area contributed by atoms with Gasteiger partial charge in [0.15, 0.2) is 8.32 Å². The summed E-state index contributed by atoms with van der Waals surface area (Å²) in [5.41, 5.74) is 4.78. The Labute approximate surface area is 123 Å². The first-order valence-corrected chi connectivity index (χ1v) is 13.9. The van der Waals surface area contributed by atoms with Crippen molar-refractivity contribution in [2.45, 2.75) is 78.6 Å². The second-order valence-corrected chi connectivity index (χ2v) is 14.6. The number of hydrogen-bond donors (Lipinski definition) is 0. The Kier molecular flexibility index (Phi) is 9.66. The number of rotatable bonds is 10. The van der Waals surface area contributed by atoms with E-state index in [0.29, 0.717) is 0 Å². The van der Waals surface area contributed by atoms with Crippen LogP contribution in [0.2, 0.25) is 26.2 Å². The summed E-state index contributed by atoms with van der Waals surface area (Å²) >= 11 is 0. The molecule has 0 bridgehead atoms. The summed E-state index contributed by atoms with van der Waals surface area (Å²) in [7, 11) is -3.25. The van der Waals surface area contributed by atoms with E-state index in [1.807, 2.05) is 0 Å². The smallest absolute Gasteiger partial charge is 0.226 e. The molecule has 0 aromatic heterocycles. The third-order valence-corrected chi connectivity index (χ3v) is 8.88. The van der Waals surface area contributed by atoms with E-state index in [9.17, 15) is 0 Å².